The van der Waals surface area contributed by atoms with E-state index in [4.69, 9.17) is 10.5 Å². The molecule has 12 heavy (non-hydrogen) atoms. The maximum Gasteiger partial charge on any atom is 0.169 e. The first-order valence-electron chi connectivity index (χ1n) is 4.67. The first-order valence-corrected chi connectivity index (χ1v) is 4.67. The minimum atomic E-state index is -0.814. The first kappa shape index (κ1) is 11.9. The van der Waals surface area contributed by atoms with Crippen LogP contribution in [0.25, 0.3) is 0 Å². The second-order valence-corrected chi connectivity index (χ2v) is 3.27. The third-order valence-corrected chi connectivity index (χ3v) is 2.11. The number of aliphatic hydroxyl groups excluding tert-OH is 1. The molecule has 3 nitrogen and oxygen atoms in total. The molecule has 0 aliphatic carbocycles. The molecule has 0 radical (unpaired) electrons. The summed E-state index contributed by atoms with van der Waals surface area (Å²) in [6, 6.07) is -0.306. The van der Waals surface area contributed by atoms with Gasteiger partial charge in [0.1, 0.15) is 0 Å². The summed E-state index contributed by atoms with van der Waals surface area (Å²) in [5.41, 5.74) is 5.43. The molecule has 0 aliphatic rings. The van der Waals surface area contributed by atoms with E-state index in [9.17, 15) is 5.11 Å². The fourth-order valence-corrected chi connectivity index (χ4v) is 0.911. The molecule has 0 saturated carbocycles. The summed E-state index contributed by atoms with van der Waals surface area (Å²) in [6.07, 6.45) is 1.36. The zero-order valence-electron chi connectivity index (χ0n) is 8.29. The van der Waals surface area contributed by atoms with Crippen molar-refractivity contribution in [1.82, 2.24) is 0 Å². The summed E-state index contributed by atoms with van der Waals surface area (Å²) in [4.78, 5) is 0. The van der Waals surface area contributed by atoms with Gasteiger partial charge in [-0.15, -0.1) is 0 Å². The quantitative estimate of drug-likeness (QED) is 0.594. The van der Waals surface area contributed by atoms with E-state index in [1.165, 1.54) is 0 Å². The summed E-state index contributed by atoms with van der Waals surface area (Å²) >= 11 is 0. The fraction of sp³-hybridized carbons (Fsp3) is 1.00. The Balaban J connectivity index is 3.51. The molecule has 0 aliphatic heterocycles. The lowest BCUT2D eigenvalue weighted by atomic mass is 10.1. The zero-order valence-corrected chi connectivity index (χ0v) is 8.29. The van der Waals surface area contributed by atoms with Gasteiger partial charge in [-0.05, 0) is 12.8 Å². The van der Waals surface area contributed by atoms with Crippen LogP contribution in [0, 0.1) is 5.92 Å². The molecule has 0 heterocycles. The van der Waals surface area contributed by atoms with Crippen molar-refractivity contribution >= 4 is 0 Å². The van der Waals surface area contributed by atoms with Gasteiger partial charge in [-0.1, -0.05) is 26.7 Å². The van der Waals surface area contributed by atoms with E-state index >= 15 is 0 Å². The Labute approximate surface area is 74.9 Å². The van der Waals surface area contributed by atoms with Crippen LogP contribution in [0.3, 0.4) is 0 Å². The van der Waals surface area contributed by atoms with Gasteiger partial charge in [0.25, 0.3) is 0 Å². The van der Waals surface area contributed by atoms with Crippen molar-refractivity contribution in [2.45, 2.75) is 45.9 Å². The summed E-state index contributed by atoms with van der Waals surface area (Å²) in [6.45, 7) is 6.58. The molecule has 3 heteroatoms. The van der Waals surface area contributed by atoms with Crippen LogP contribution in [0.5, 0.6) is 0 Å². The monoisotopic (exact) mass is 175 g/mol. The average Bonchev–Trinajstić information content (AvgIpc) is 2.05. The van der Waals surface area contributed by atoms with Gasteiger partial charge in [-0.3, -0.25) is 0 Å². The third kappa shape index (κ3) is 4.70. The topological polar surface area (TPSA) is 55.5 Å². The molecule has 0 bridgehead atoms. The first-order chi connectivity index (χ1) is 5.61. The lowest BCUT2D eigenvalue weighted by Crippen LogP contribution is -2.34. The number of nitrogens with two attached hydrogens (primary N) is 1. The SMILES string of the molecule is CCC(CC)COC(O)C(C)N. The largest absolute Gasteiger partial charge is 0.367 e. The predicted molar refractivity (Wildman–Crippen MR) is 49.7 cm³/mol. The van der Waals surface area contributed by atoms with Gasteiger partial charge in [0.2, 0.25) is 0 Å². The van der Waals surface area contributed by atoms with Crippen LogP contribution in [0.2, 0.25) is 0 Å². The number of hydrogen-bond donors (Lipinski definition) is 2. The van der Waals surface area contributed by atoms with E-state index in [1.807, 2.05) is 0 Å². The Morgan fingerprint density at radius 2 is 1.83 bits per heavy atom. The van der Waals surface area contributed by atoms with Crippen molar-refractivity contribution in [2.24, 2.45) is 11.7 Å². The third-order valence-electron chi connectivity index (χ3n) is 2.11. The molecule has 0 aromatic heterocycles. The highest BCUT2D eigenvalue weighted by molar-refractivity contribution is 4.58. The maximum atomic E-state index is 9.22. The smallest absolute Gasteiger partial charge is 0.169 e. The van der Waals surface area contributed by atoms with E-state index < -0.39 is 6.29 Å². The molecular weight excluding hydrogens is 154 g/mol. The minimum Gasteiger partial charge on any atom is -0.367 e. The van der Waals surface area contributed by atoms with Crippen molar-refractivity contribution in [1.29, 1.82) is 0 Å². The minimum absolute atomic E-state index is 0.306. The van der Waals surface area contributed by atoms with E-state index in [-0.39, 0.29) is 6.04 Å². The number of rotatable bonds is 6. The molecule has 2 atom stereocenters. The molecule has 3 N–H and O–H groups in total. The van der Waals surface area contributed by atoms with Gasteiger partial charge in [0.05, 0.1) is 12.6 Å². The highest BCUT2D eigenvalue weighted by atomic mass is 16.6. The Morgan fingerprint density at radius 3 is 2.17 bits per heavy atom. The summed E-state index contributed by atoms with van der Waals surface area (Å²) in [5, 5.41) is 9.22. The molecule has 0 saturated heterocycles. The normalized spacial score (nSPS) is 16.5. The Kier molecular flexibility index (Phi) is 6.34. The van der Waals surface area contributed by atoms with Crippen LogP contribution in [0.15, 0.2) is 0 Å². The number of hydrogen-bond acceptors (Lipinski definition) is 3. The van der Waals surface area contributed by atoms with E-state index in [0.717, 1.165) is 12.8 Å². The van der Waals surface area contributed by atoms with Crippen molar-refractivity contribution < 1.29 is 9.84 Å². The van der Waals surface area contributed by atoms with E-state index in [1.54, 1.807) is 6.92 Å². The summed E-state index contributed by atoms with van der Waals surface area (Å²) < 4.78 is 5.18. The molecule has 0 aromatic carbocycles. The van der Waals surface area contributed by atoms with Crippen molar-refractivity contribution in [3.05, 3.63) is 0 Å². The molecule has 0 amide bonds. The Morgan fingerprint density at radius 1 is 1.33 bits per heavy atom. The van der Waals surface area contributed by atoms with Gasteiger partial charge in [-0.2, -0.15) is 0 Å². The zero-order chi connectivity index (χ0) is 9.56. The molecule has 74 valence electrons. The van der Waals surface area contributed by atoms with Crippen LogP contribution in [0.4, 0.5) is 0 Å². The van der Waals surface area contributed by atoms with E-state index in [2.05, 4.69) is 13.8 Å². The standard InChI is InChI=1S/C9H21NO2/c1-4-8(5-2)6-12-9(11)7(3)10/h7-9,11H,4-6,10H2,1-3H3. The van der Waals surface area contributed by atoms with Crippen LogP contribution in [-0.4, -0.2) is 24.0 Å². The molecule has 0 spiro atoms. The van der Waals surface area contributed by atoms with Gasteiger partial charge in [0.15, 0.2) is 6.29 Å². The number of aliphatic hydroxyl groups is 1. The van der Waals surface area contributed by atoms with Crippen molar-refractivity contribution in [3.63, 3.8) is 0 Å². The van der Waals surface area contributed by atoms with Crippen LogP contribution in [-0.2, 0) is 4.74 Å². The Bertz CT molecular complexity index is 101. The van der Waals surface area contributed by atoms with E-state index in [0.29, 0.717) is 12.5 Å². The van der Waals surface area contributed by atoms with Crippen LogP contribution >= 0.6 is 0 Å². The molecule has 0 rings (SSSR count). The van der Waals surface area contributed by atoms with Gasteiger partial charge in [0, 0.05) is 0 Å². The summed E-state index contributed by atoms with van der Waals surface area (Å²) in [7, 11) is 0. The Hall–Kier alpha value is -0.120. The lowest BCUT2D eigenvalue weighted by Gasteiger charge is -2.19. The molecule has 2 unspecified atom stereocenters. The second-order valence-electron chi connectivity index (χ2n) is 3.27. The lowest BCUT2D eigenvalue weighted by molar-refractivity contribution is -0.120. The fourth-order valence-electron chi connectivity index (χ4n) is 0.911. The summed E-state index contributed by atoms with van der Waals surface area (Å²) in [5.74, 6) is 0.540. The van der Waals surface area contributed by atoms with Gasteiger partial charge >= 0.3 is 0 Å². The van der Waals surface area contributed by atoms with Gasteiger partial charge < -0.3 is 15.6 Å². The molecular formula is C9H21NO2. The van der Waals surface area contributed by atoms with Crippen molar-refractivity contribution in [3.8, 4) is 0 Å². The highest BCUT2D eigenvalue weighted by Gasteiger charge is 2.11. The van der Waals surface area contributed by atoms with Crippen LogP contribution < -0.4 is 5.73 Å². The number of ether oxygens (including phenoxy) is 1. The second kappa shape index (κ2) is 6.40. The highest BCUT2D eigenvalue weighted by Crippen LogP contribution is 2.08. The van der Waals surface area contributed by atoms with Crippen LogP contribution in [0.1, 0.15) is 33.6 Å². The molecule has 0 fully saturated rings. The van der Waals surface area contributed by atoms with Gasteiger partial charge in [-0.25, -0.2) is 0 Å². The molecule has 0 aromatic rings. The maximum absolute atomic E-state index is 9.22. The van der Waals surface area contributed by atoms with Crippen molar-refractivity contribution in [2.75, 3.05) is 6.61 Å². The average molecular weight is 175 g/mol. The predicted octanol–water partition coefficient (Wildman–Crippen LogP) is 1.10.